The van der Waals surface area contributed by atoms with Gasteiger partial charge in [-0.15, -0.1) is 13.2 Å². The van der Waals surface area contributed by atoms with Crippen LogP contribution in [0.4, 0.5) is 11.4 Å². The van der Waals surface area contributed by atoms with E-state index in [4.69, 9.17) is 16.3 Å². The Morgan fingerprint density at radius 2 is 1.50 bits per heavy atom. The van der Waals surface area contributed by atoms with Crippen LogP contribution in [0.1, 0.15) is 31.4 Å². The molecule has 3 heterocycles. The normalized spacial score (nSPS) is 26.8. The zero-order valence-corrected chi connectivity index (χ0v) is 26.6. The lowest BCUT2D eigenvalue weighted by atomic mass is 9.66. The number of likely N-dealkylation sites (tertiary alicyclic amines) is 1. The first-order chi connectivity index (χ1) is 22.2. The van der Waals surface area contributed by atoms with Gasteiger partial charge in [0, 0.05) is 29.5 Å². The fourth-order valence-electron chi connectivity index (χ4n) is 7.83. The standard InChI is InChI=1S/C37H38ClN3O5/c1-4-22-39(27-14-10-7-11-15-27)33(43)30-31-34(44)41(29(24-42)25-12-8-6-9-13-25)32(37(31)21-20-36(30,3)46-37)35(45)40(23-5-2)28-18-16-26(38)17-19-28/h4-19,29-32,42H,1-2,20-24H2,3H3/t29-,30+,31+,32?,36-,37?/m1/s1. The van der Waals surface area contributed by atoms with E-state index in [9.17, 15) is 19.5 Å². The molecule has 0 radical (unpaired) electrons. The van der Waals surface area contributed by atoms with E-state index in [2.05, 4.69) is 13.2 Å². The minimum atomic E-state index is -1.30. The summed E-state index contributed by atoms with van der Waals surface area (Å²) in [6.45, 7) is 9.60. The molecule has 8 nitrogen and oxygen atoms in total. The number of aliphatic hydroxyl groups excluding tert-OH is 1. The maximum atomic E-state index is 15.0. The number of halogens is 1. The Labute approximate surface area is 274 Å². The number of carbonyl (C=O) groups excluding carboxylic acids is 3. The molecule has 3 aliphatic heterocycles. The highest BCUT2D eigenvalue weighted by Gasteiger charge is 2.79. The SMILES string of the molecule is C=CCN(C(=O)C1N([C@H](CO)c2ccccc2)C(=O)[C@@H]2[C@@H](C(=O)N(CC=C)c3ccccc3)[C@@]3(C)CCC12O3)c1ccc(Cl)cc1. The molecule has 0 aromatic heterocycles. The molecule has 9 heteroatoms. The zero-order chi connectivity index (χ0) is 32.6. The molecule has 6 rings (SSSR count). The Morgan fingerprint density at radius 3 is 2.09 bits per heavy atom. The molecule has 0 saturated carbocycles. The average Bonchev–Trinajstić information content (AvgIpc) is 3.64. The van der Waals surface area contributed by atoms with Crippen molar-refractivity contribution in [1.29, 1.82) is 0 Å². The maximum Gasteiger partial charge on any atom is 0.253 e. The van der Waals surface area contributed by atoms with E-state index in [1.807, 2.05) is 67.6 Å². The second-order valence-corrected chi connectivity index (χ2v) is 12.8. The van der Waals surface area contributed by atoms with Crippen molar-refractivity contribution in [3.05, 3.63) is 121 Å². The highest BCUT2D eigenvalue weighted by atomic mass is 35.5. The predicted molar refractivity (Wildman–Crippen MR) is 178 cm³/mol. The van der Waals surface area contributed by atoms with Crippen LogP contribution in [0.3, 0.4) is 0 Å². The predicted octanol–water partition coefficient (Wildman–Crippen LogP) is 5.58. The highest BCUT2D eigenvalue weighted by molar-refractivity contribution is 6.30. The van der Waals surface area contributed by atoms with Crippen molar-refractivity contribution < 1.29 is 24.2 Å². The number of amides is 3. The van der Waals surface area contributed by atoms with Crippen LogP contribution >= 0.6 is 11.6 Å². The first-order valence-electron chi connectivity index (χ1n) is 15.5. The number of ether oxygens (including phenoxy) is 1. The average molecular weight is 640 g/mol. The fraction of sp³-hybridized carbons (Fsp3) is 0.324. The van der Waals surface area contributed by atoms with Gasteiger partial charge in [-0.2, -0.15) is 0 Å². The van der Waals surface area contributed by atoms with Crippen LogP contribution in [0.15, 0.2) is 110 Å². The fourth-order valence-corrected chi connectivity index (χ4v) is 7.96. The van der Waals surface area contributed by atoms with Gasteiger partial charge in [-0.3, -0.25) is 14.4 Å². The zero-order valence-electron chi connectivity index (χ0n) is 25.8. The number of hydrogen-bond donors (Lipinski definition) is 1. The quantitative estimate of drug-likeness (QED) is 0.277. The van der Waals surface area contributed by atoms with Crippen molar-refractivity contribution in [2.75, 3.05) is 29.5 Å². The van der Waals surface area contributed by atoms with Crippen LogP contribution in [0.5, 0.6) is 0 Å². The molecule has 3 fully saturated rings. The van der Waals surface area contributed by atoms with Gasteiger partial charge in [-0.25, -0.2) is 0 Å². The van der Waals surface area contributed by atoms with Crippen molar-refractivity contribution >= 4 is 40.7 Å². The summed E-state index contributed by atoms with van der Waals surface area (Å²) in [5.74, 6) is -2.84. The minimum absolute atomic E-state index is 0.162. The number of aliphatic hydroxyl groups is 1. The summed E-state index contributed by atoms with van der Waals surface area (Å²) >= 11 is 6.18. The van der Waals surface area contributed by atoms with Crippen molar-refractivity contribution in [2.45, 2.75) is 43.1 Å². The lowest BCUT2D eigenvalue weighted by molar-refractivity contribution is -0.148. The Kier molecular flexibility index (Phi) is 8.63. The first kappa shape index (κ1) is 31.7. The second-order valence-electron chi connectivity index (χ2n) is 12.4. The van der Waals surface area contributed by atoms with Crippen LogP contribution < -0.4 is 9.80 Å². The molecule has 3 aliphatic rings. The molecule has 3 amide bonds. The summed E-state index contributed by atoms with van der Waals surface area (Å²) in [5, 5.41) is 11.4. The lowest BCUT2D eigenvalue weighted by Gasteiger charge is -2.39. The molecule has 46 heavy (non-hydrogen) atoms. The van der Waals surface area contributed by atoms with Crippen LogP contribution in [0, 0.1) is 11.8 Å². The Balaban J connectivity index is 1.50. The van der Waals surface area contributed by atoms with Crippen molar-refractivity contribution in [3.8, 4) is 0 Å². The van der Waals surface area contributed by atoms with Gasteiger partial charge >= 0.3 is 0 Å². The Morgan fingerprint density at radius 1 is 0.935 bits per heavy atom. The molecular formula is C37H38ClN3O5. The van der Waals surface area contributed by atoms with E-state index in [0.29, 0.717) is 34.8 Å². The topological polar surface area (TPSA) is 90.4 Å². The number of anilines is 2. The largest absolute Gasteiger partial charge is 0.394 e. The summed E-state index contributed by atoms with van der Waals surface area (Å²) in [7, 11) is 0. The first-order valence-corrected chi connectivity index (χ1v) is 15.9. The van der Waals surface area contributed by atoms with E-state index in [0.717, 1.165) is 0 Å². The Bertz CT molecular complexity index is 1630. The number of fused-ring (bicyclic) bond motifs is 1. The summed E-state index contributed by atoms with van der Waals surface area (Å²) < 4.78 is 6.91. The summed E-state index contributed by atoms with van der Waals surface area (Å²) in [4.78, 5) is 49.2. The van der Waals surface area contributed by atoms with Gasteiger partial charge in [0.1, 0.15) is 11.6 Å². The molecule has 238 valence electrons. The van der Waals surface area contributed by atoms with Crippen molar-refractivity contribution in [2.24, 2.45) is 11.8 Å². The molecule has 3 aromatic carbocycles. The molecular weight excluding hydrogens is 602 g/mol. The van der Waals surface area contributed by atoms with Crippen molar-refractivity contribution in [1.82, 2.24) is 4.90 Å². The number of benzene rings is 3. The third kappa shape index (κ3) is 5.05. The molecule has 3 aromatic rings. The highest BCUT2D eigenvalue weighted by Crippen LogP contribution is 2.64. The van der Waals surface area contributed by atoms with E-state index < -0.39 is 41.7 Å². The van der Waals surface area contributed by atoms with Gasteiger partial charge in [0.2, 0.25) is 11.8 Å². The van der Waals surface area contributed by atoms with Crippen molar-refractivity contribution in [3.63, 3.8) is 0 Å². The number of hydrogen-bond acceptors (Lipinski definition) is 5. The van der Waals surface area contributed by atoms with Gasteiger partial charge in [0.05, 0.1) is 30.1 Å². The van der Waals surface area contributed by atoms with Gasteiger partial charge < -0.3 is 24.5 Å². The van der Waals surface area contributed by atoms with Gasteiger partial charge in [-0.1, -0.05) is 72.3 Å². The van der Waals surface area contributed by atoms with Crippen LogP contribution in [-0.2, 0) is 19.1 Å². The third-order valence-corrected chi connectivity index (χ3v) is 10.0. The molecule has 3 saturated heterocycles. The van der Waals surface area contributed by atoms with E-state index >= 15 is 0 Å². The Hall–Kier alpha value is -4.24. The van der Waals surface area contributed by atoms with Gasteiger partial charge in [0.25, 0.3) is 5.91 Å². The minimum Gasteiger partial charge on any atom is -0.394 e. The van der Waals surface area contributed by atoms with Gasteiger partial charge in [-0.05, 0) is 61.7 Å². The molecule has 2 bridgehead atoms. The monoisotopic (exact) mass is 639 g/mol. The number of nitrogens with zero attached hydrogens (tertiary/aromatic N) is 3. The molecule has 1 N–H and O–H groups in total. The number of para-hydroxylation sites is 1. The van der Waals surface area contributed by atoms with E-state index in [1.165, 1.54) is 4.90 Å². The molecule has 1 spiro atoms. The van der Waals surface area contributed by atoms with E-state index in [-0.39, 0.29) is 30.8 Å². The molecule has 0 aliphatic carbocycles. The van der Waals surface area contributed by atoms with Gasteiger partial charge in [0.15, 0.2) is 0 Å². The van der Waals surface area contributed by atoms with E-state index in [1.54, 1.807) is 46.2 Å². The second kappa shape index (κ2) is 12.5. The van der Waals surface area contributed by atoms with Crippen LogP contribution in [0.2, 0.25) is 5.02 Å². The smallest absolute Gasteiger partial charge is 0.253 e. The van der Waals surface area contributed by atoms with Crippen LogP contribution in [-0.4, -0.2) is 64.7 Å². The summed E-state index contributed by atoms with van der Waals surface area (Å²) in [6.07, 6.45) is 4.16. The summed E-state index contributed by atoms with van der Waals surface area (Å²) in [5.41, 5.74) is -0.347. The summed E-state index contributed by atoms with van der Waals surface area (Å²) in [6, 6.07) is 23.4. The van der Waals surface area contributed by atoms with Crippen LogP contribution in [0.25, 0.3) is 0 Å². The molecule has 6 atom stereocenters. The molecule has 2 unspecified atom stereocenters. The third-order valence-electron chi connectivity index (χ3n) is 9.77. The number of rotatable bonds is 11. The number of carbonyl (C=O) groups is 3. The lowest BCUT2D eigenvalue weighted by Crippen LogP contribution is -2.57. The maximum absolute atomic E-state index is 15.0.